The molecular formula is C25H23F2N5O. The van der Waals surface area contributed by atoms with Gasteiger partial charge in [-0.15, -0.1) is 5.10 Å². The Balaban J connectivity index is 1.42. The smallest absolute Gasteiger partial charge is 0.246 e. The van der Waals surface area contributed by atoms with E-state index >= 15 is 0 Å². The van der Waals surface area contributed by atoms with Gasteiger partial charge >= 0.3 is 0 Å². The molecule has 1 atom stereocenters. The molecule has 2 aromatic carbocycles. The van der Waals surface area contributed by atoms with Crippen LogP contribution >= 0.6 is 0 Å². The largest absolute Gasteiger partial charge is 0.497 e. The van der Waals surface area contributed by atoms with Crippen molar-refractivity contribution in [2.45, 2.75) is 32.2 Å². The van der Waals surface area contributed by atoms with Gasteiger partial charge in [0.05, 0.1) is 7.11 Å². The van der Waals surface area contributed by atoms with E-state index in [1.54, 1.807) is 48.3 Å². The second-order valence-corrected chi connectivity index (χ2v) is 8.10. The van der Waals surface area contributed by atoms with Gasteiger partial charge in [0.2, 0.25) is 5.95 Å². The first-order valence-electron chi connectivity index (χ1n) is 10.8. The number of hydrogen-bond donors (Lipinski definition) is 1. The number of halogens is 2. The molecule has 0 aliphatic carbocycles. The van der Waals surface area contributed by atoms with Crippen molar-refractivity contribution < 1.29 is 13.5 Å². The Kier molecular flexibility index (Phi) is 5.50. The number of rotatable bonds is 5. The predicted octanol–water partition coefficient (Wildman–Crippen LogP) is 5.60. The fraction of sp³-hybridized carbons (Fsp3) is 0.240. The number of anilines is 2. The van der Waals surface area contributed by atoms with Crippen LogP contribution in [0.15, 0.2) is 54.7 Å². The average Bonchev–Trinajstić information content (AvgIpc) is 3.22. The molecule has 8 heteroatoms. The van der Waals surface area contributed by atoms with Gasteiger partial charge < -0.3 is 10.1 Å². The highest BCUT2D eigenvalue weighted by molar-refractivity contribution is 5.68. The normalized spacial score (nSPS) is 15.2. The molecule has 6 nitrogen and oxygen atoms in total. The molecule has 1 N–H and O–H groups in total. The predicted molar refractivity (Wildman–Crippen MR) is 122 cm³/mol. The van der Waals surface area contributed by atoms with Crippen LogP contribution in [0.2, 0.25) is 0 Å². The van der Waals surface area contributed by atoms with E-state index in [-0.39, 0.29) is 17.6 Å². The quantitative estimate of drug-likeness (QED) is 0.431. The van der Waals surface area contributed by atoms with Gasteiger partial charge in [0.15, 0.2) is 0 Å². The first kappa shape index (κ1) is 21.1. The summed E-state index contributed by atoms with van der Waals surface area (Å²) in [6, 6.07) is 13.3. The zero-order valence-electron chi connectivity index (χ0n) is 18.3. The highest BCUT2D eigenvalue weighted by Gasteiger charge is 2.28. The molecule has 0 spiro atoms. The summed E-state index contributed by atoms with van der Waals surface area (Å²) in [6.45, 7) is 2.56. The number of methoxy groups -OCH3 is 1. The van der Waals surface area contributed by atoms with E-state index in [1.165, 1.54) is 12.1 Å². The monoisotopic (exact) mass is 447 g/mol. The summed E-state index contributed by atoms with van der Waals surface area (Å²) in [6.07, 6.45) is 3.28. The van der Waals surface area contributed by atoms with Crippen LogP contribution in [0.25, 0.3) is 11.1 Å². The summed E-state index contributed by atoms with van der Waals surface area (Å²) in [5.74, 6) is 0.751. The van der Waals surface area contributed by atoms with Crippen LogP contribution in [0.4, 0.5) is 20.4 Å². The number of benzene rings is 2. The Labute approximate surface area is 190 Å². The zero-order chi connectivity index (χ0) is 22.9. The van der Waals surface area contributed by atoms with Crippen LogP contribution in [-0.2, 0) is 6.54 Å². The van der Waals surface area contributed by atoms with Crippen molar-refractivity contribution in [3.05, 3.63) is 83.4 Å². The van der Waals surface area contributed by atoms with Crippen molar-refractivity contribution in [3.63, 3.8) is 0 Å². The maximum atomic E-state index is 14.8. The minimum Gasteiger partial charge on any atom is -0.497 e. The Morgan fingerprint density at radius 1 is 1.06 bits per heavy atom. The van der Waals surface area contributed by atoms with Crippen molar-refractivity contribution in [3.8, 4) is 16.9 Å². The highest BCUT2D eigenvalue weighted by Crippen LogP contribution is 2.36. The molecule has 0 amide bonds. The summed E-state index contributed by atoms with van der Waals surface area (Å²) in [7, 11) is 1.56. The Bertz CT molecular complexity index is 1320. The first-order chi connectivity index (χ1) is 16.0. The zero-order valence-corrected chi connectivity index (χ0v) is 18.3. The van der Waals surface area contributed by atoms with Crippen LogP contribution in [0.3, 0.4) is 0 Å². The fourth-order valence-electron chi connectivity index (χ4n) is 4.28. The number of aromatic nitrogens is 4. The summed E-state index contributed by atoms with van der Waals surface area (Å²) in [5.41, 5.74) is 3.16. The number of nitrogens with zero attached hydrogens (tertiary/aromatic N) is 4. The lowest BCUT2D eigenvalue weighted by molar-refractivity contribution is 0.407. The number of ether oxygens (including phenoxy) is 1. The van der Waals surface area contributed by atoms with E-state index in [1.807, 2.05) is 13.0 Å². The van der Waals surface area contributed by atoms with Crippen LogP contribution < -0.4 is 10.1 Å². The summed E-state index contributed by atoms with van der Waals surface area (Å²) >= 11 is 0. The van der Waals surface area contributed by atoms with Crippen molar-refractivity contribution in [1.29, 1.82) is 0 Å². The first-order valence-corrected chi connectivity index (χ1v) is 10.8. The topological polar surface area (TPSA) is 64.9 Å². The van der Waals surface area contributed by atoms with E-state index in [0.717, 1.165) is 24.1 Å². The molecule has 1 unspecified atom stereocenters. The number of pyridine rings is 1. The number of fused-ring (bicyclic) bond motifs is 1. The van der Waals surface area contributed by atoms with Crippen molar-refractivity contribution in [2.24, 2.45) is 0 Å². The molecule has 168 valence electrons. The standard InChI is InChI=1S/C25H23F2N5O/c1-15-12-16(9-10-28-15)19-7-5-17(13-23(19)27)29-25-30-24-20(4-3-11-32(24)31-25)21-14-18(33-2)6-8-22(21)26/h5-10,12-14,20H,3-4,11H2,1-2H3,(H,29,31). The molecule has 1 aliphatic heterocycles. The Morgan fingerprint density at radius 2 is 1.94 bits per heavy atom. The maximum absolute atomic E-state index is 14.8. The average molecular weight is 447 g/mol. The SMILES string of the molecule is COc1ccc(F)c(C2CCCn3nc(Nc4ccc(-c5ccnc(C)c5)c(F)c4)nc32)c1. The lowest BCUT2D eigenvalue weighted by Crippen LogP contribution is -2.18. The molecule has 1 aliphatic rings. The van der Waals surface area contributed by atoms with Gasteiger partial charge in [-0.1, -0.05) is 0 Å². The molecule has 2 aromatic heterocycles. The lowest BCUT2D eigenvalue weighted by atomic mass is 9.90. The number of nitrogens with one attached hydrogen (secondary N) is 1. The third-order valence-electron chi connectivity index (χ3n) is 5.89. The number of hydrogen-bond acceptors (Lipinski definition) is 5. The van der Waals surface area contributed by atoms with Crippen LogP contribution in [0, 0.1) is 18.6 Å². The molecule has 0 saturated carbocycles. The van der Waals surface area contributed by atoms with Crippen LogP contribution in [0.1, 0.15) is 35.8 Å². The van der Waals surface area contributed by atoms with E-state index in [4.69, 9.17) is 4.74 Å². The second kappa shape index (κ2) is 8.61. The van der Waals surface area contributed by atoms with Gasteiger partial charge in [0.1, 0.15) is 23.2 Å². The number of aryl methyl sites for hydroxylation is 2. The van der Waals surface area contributed by atoms with Crippen molar-refractivity contribution in [1.82, 2.24) is 19.7 Å². The molecule has 33 heavy (non-hydrogen) atoms. The fourth-order valence-corrected chi connectivity index (χ4v) is 4.28. The molecule has 0 saturated heterocycles. The van der Waals surface area contributed by atoms with Gasteiger partial charge in [0, 0.05) is 41.2 Å². The van der Waals surface area contributed by atoms with E-state index < -0.39 is 0 Å². The van der Waals surface area contributed by atoms with Gasteiger partial charge in [-0.2, -0.15) is 4.98 Å². The Hall–Kier alpha value is -3.81. The van der Waals surface area contributed by atoms with E-state index in [9.17, 15) is 8.78 Å². The van der Waals surface area contributed by atoms with Crippen molar-refractivity contribution >= 4 is 11.6 Å². The lowest BCUT2D eigenvalue weighted by Gasteiger charge is -2.23. The van der Waals surface area contributed by atoms with Gasteiger partial charge in [-0.3, -0.25) is 4.98 Å². The van der Waals surface area contributed by atoms with Crippen LogP contribution in [0.5, 0.6) is 5.75 Å². The summed E-state index contributed by atoms with van der Waals surface area (Å²) in [4.78, 5) is 8.78. The van der Waals surface area contributed by atoms with Crippen LogP contribution in [-0.4, -0.2) is 26.9 Å². The van der Waals surface area contributed by atoms with Crippen molar-refractivity contribution in [2.75, 3.05) is 12.4 Å². The third-order valence-corrected chi connectivity index (χ3v) is 5.89. The molecular weight excluding hydrogens is 424 g/mol. The minimum atomic E-state index is -0.356. The van der Waals surface area contributed by atoms with Gasteiger partial charge in [0.25, 0.3) is 0 Å². The second-order valence-electron chi connectivity index (χ2n) is 8.10. The maximum Gasteiger partial charge on any atom is 0.246 e. The van der Waals surface area contributed by atoms with Gasteiger partial charge in [-0.05, 0) is 73.9 Å². The summed E-state index contributed by atoms with van der Waals surface area (Å²) < 4.78 is 36.5. The molecule has 5 rings (SSSR count). The third kappa shape index (κ3) is 4.16. The summed E-state index contributed by atoms with van der Waals surface area (Å²) in [5, 5.41) is 7.61. The molecule has 4 aromatic rings. The highest BCUT2D eigenvalue weighted by atomic mass is 19.1. The Morgan fingerprint density at radius 3 is 2.73 bits per heavy atom. The molecule has 0 radical (unpaired) electrons. The van der Waals surface area contributed by atoms with E-state index in [2.05, 4.69) is 20.4 Å². The van der Waals surface area contributed by atoms with E-state index in [0.29, 0.717) is 40.9 Å². The van der Waals surface area contributed by atoms with Gasteiger partial charge in [-0.25, -0.2) is 13.5 Å². The molecule has 3 heterocycles. The molecule has 0 bridgehead atoms. The minimum absolute atomic E-state index is 0.231. The molecule has 0 fully saturated rings.